The van der Waals surface area contributed by atoms with Crippen LogP contribution < -0.4 is 0 Å². The Kier molecular flexibility index (Phi) is 4.03. The van der Waals surface area contributed by atoms with E-state index in [1.165, 1.54) is 12.3 Å². The first-order chi connectivity index (χ1) is 13.7. The van der Waals surface area contributed by atoms with Crippen molar-refractivity contribution in [1.82, 2.24) is 9.97 Å². The van der Waals surface area contributed by atoms with Gasteiger partial charge in [-0.15, -0.1) is 11.3 Å². The number of fused-ring (bicyclic) bond motifs is 1. The van der Waals surface area contributed by atoms with Crippen molar-refractivity contribution in [3.05, 3.63) is 76.9 Å². The third-order valence-corrected chi connectivity index (χ3v) is 5.26. The molecule has 1 aliphatic heterocycles. The second-order valence-corrected chi connectivity index (χ2v) is 7.35. The number of esters is 1. The molecule has 0 saturated carbocycles. The molecule has 0 fully saturated rings. The molecule has 4 aromatic rings. The summed E-state index contributed by atoms with van der Waals surface area (Å²) in [6.45, 7) is 0. The van der Waals surface area contributed by atoms with Crippen LogP contribution in [0.4, 0.5) is 0 Å². The van der Waals surface area contributed by atoms with Gasteiger partial charge < -0.3 is 9.15 Å². The Hall–Kier alpha value is -3.29. The van der Waals surface area contributed by atoms with Crippen molar-refractivity contribution in [2.75, 3.05) is 0 Å². The predicted molar refractivity (Wildman–Crippen MR) is 107 cm³/mol. The summed E-state index contributed by atoms with van der Waals surface area (Å²) in [4.78, 5) is 25.0. The van der Waals surface area contributed by atoms with Gasteiger partial charge in [-0.3, -0.25) is 4.98 Å². The van der Waals surface area contributed by atoms with Crippen LogP contribution in [0, 0.1) is 0 Å². The molecule has 0 N–H and O–H groups in total. The van der Waals surface area contributed by atoms with Crippen LogP contribution in [-0.4, -0.2) is 21.8 Å². The molecule has 6 nitrogen and oxygen atoms in total. The molecule has 5 rings (SSSR count). The van der Waals surface area contributed by atoms with E-state index in [-0.39, 0.29) is 11.6 Å². The second-order valence-electron chi connectivity index (χ2n) is 5.88. The Bertz CT molecular complexity index is 1260. The second kappa shape index (κ2) is 6.70. The number of halogens is 1. The Morgan fingerprint density at radius 2 is 2.00 bits per heavy atom. The largest absolute Gasteiger partial charge is 0.454 e. The number of nitrogens with zero attached hydrogens (tertiary/aromatic N) is 3. The van der Waals surface area contributed by atoms with Gasteiger partial charge in [0.25, 0.3) is 0 Å². The molecule has 0 unspecified atom stereocenters. The fraction of sp³-hybridized carbons (Fsp3) is 0. The van der Waals surface area contributed by atoms with Gasteiger partial charge in [0.15, 0.2) is 16.5 Å². The molecule has 3 aromatic heterocycles. The number of carbonyl (C=O) groups is 1. The van der Waals surface area contributed by atoms with Gasteiger partial charge in [-0.05, 0) is 36.4 Å². The Labute approximate surface area is 167 Å². The zero-order valence-electron chi connectivity index (χ0n) is 14.1. The van der Waals surface area contributed by atoms with E-state index in [0.717, 1.165) is 15.2 Å². The summed E-state index contributed by atoms with van der Waals surface area (Å²) in [6.07, 6.45) is 3.04. The van der Waals surface area contributed by atoms with Crippen LogP contribution in [0.1, 0.15) is 11.5 Å². The number of aromatic nitrogens is 2. The topological polar surface area (TPSA) is 77.6 Å². The van der Waals surface area contributed by atoms with E-state index in [9.17, 15) is 4.79 Å². The number of carbonyl (C=O) groups excluding carboxylic acids is 1. The number of hydrogen-bond acceptors (Lipinski definition) is 7. The minimum absolute atomic E-state index is 0.108. The summed E-state index contributed by atoms with van der Waals surface area (Å²) in [6, 6.07) is 14.7. The van der Waals surface area contributed by atoms with Gasteiger partial charge in [-0.1, -0.05) is 23.7 Å². The highest BCUT2D eigenvalue weighted by Gasteiger charge is 2.25. The van der Waals surface area contributed by atoms with Gasteiger partial charge in [0.1, 0.15) is 11.5 Å². The minimum atomic E-state index is -0.574. The molecule has 0 spiro atoms. The first-order valence-corrected chi connectivity index (χ1v) is 9.45. The SMILES string of the molecule is O=C1OC(c2cc(Cl)ccn2)=N/C1=C\c1ccc(-c2nc3ccccc3s2)o1. The summed E-state index contributed by atoms with van der Waals surface area (Å²) in [5.74, 6) is 0.636. The van der Waals surface area contributed by atoms with E-state index < -0.39 is 5.97 Å². The first kappa shape index (κ1) is 16.9. The number of benzene rings is 1. The number of ether oxygens (including phenoxy) is 1. The van der Waals surface area contributed by atoms with Crippen molar-refractivity contribution in [3.63, 3.8) is 0 Å². The van der Waals surface area contributed by atoms with Gasteiger partial charge in [0.05, 0.1) is 10.2 Å². The predicted octanol–water partition coefficient (Wildman–Crippen LogP) is 4.95. The number of cyclic esters (lactones) is 1. The third-order valence-electron chi connectivity index (χ3n) is 3.97. The molecule has 0 bridgehead atoms. The van der Waals surface area contributed by atoms with Crippen LogP contribution in [-0.2, 0) is 9.53 Å². The van der Waals surface area contributed by atoms with Crippen LogP contribution in [0.25, 0.3) is 27.1 Å². The lowest BCUT2D eigenvalue weighted by atomic mass is 10.3. The van der Waals surface area contributed by atoms with Gasteiger partial charge in [-0.2, -0.15) is 0 Å². The van der Waals surface area contributed by atoms with E-state index in [1.807, 2.05) is 30.3 Å². The maximum atomic E-state index is 12.1. The lowest BCUT2D eigenvalue weighted by Crippen LogP contribution is -2.06. The van der Waals surface area contributed by atoms with E-state index >= 15 is 0 Å². The summed E-state index contributed by atoms with van der Waals surface area (Å²) >= 11 is 7.49. The fourth-order valence-corrected chi connectivity index (χ4v) is 3.79. The minimum Gasteiger partial charge on any atom is -0.454 e. The molecule has 0 atom stereocenters. The third kappa shape index (κ3) is 3.11. The smallest absolute Gasteiger partial charge is 0.364 e. The zero-order chi connectivity index (χ0) is 19.1. The van der Waals surface area contributed by atoms with E-state index in [2.05, 4.69) is 15.0 Å². The molecule has 136 valence electrons. The highest BCUT2D eigenvalue weighted by molar-refractivity contribution is 7.21. The molecule has 28 heavy (non-hydrogen) atoms. The number of furan rings is 1. The maximum absolute atomic E-state index is 12.1. The molecular formula is C20H10ClN3O3S. The number of hydrogen-bond donors (Lipinski definition) is 0. The highest BCUT2D eigenvalue weighted by Crippen LogP contribution is 2.32. The molecule has 1 aliphatic rings. The van der Waals surface area contributed by atoms with Gasteiger partial charge in [-0.25, -0.2) is 14.8 Å². The van der Waals surface area contributed by atoms with E-state index in [0.29, 0.717) is 22.2 Å². The molecule has 0 aliphatic carbocycles. The number of aliphatic imine (C=N–C) groups is 1. The average molecular weight is 408 g/mol. The summed E-state index contributed by atoms with van der Waals surface area (Å²) in [5, 5.41) is 1.25. The Morgan fingerprint density at radius 3 is 2.86 bits per heavy atom. The summed E-state index contributed by atoms with van der Waals surface area (Å²) < 4.78 is 12.1. The van der Waals surface area contributed by atoms with E-state index in [1.54, 1.807) is 29.5 Å². The van der Waals surface area contributed by atoms with Crippen molar-refractivity contribution < 1.29 is 13.9 Å². The lowest BCUT2D eigenvalue weighted by molar-refractivity contribution is -0.129. The number of pyridine rings is 1. The molecule has 1 aromatic carbocycles. The Morgan fingerprint density at radius 1 is 1.11 bits per heavy atom. The van der Waals surface area contributed by atoms with Crippen molar-refractivity contribution >= 4 is 51.1 Å². The molecule has 8 heteroatoms. The van der Waals surface area contributed by atoms with Crippen LogP contribution >= 0.6 is 22.9 Å². The quantitative estimate of drug-likeness (QED) is 0.354. The summed E-state index contributed by atoms with van der Waals surface area (Å²) in [5.41, 5.74) is 1.43. The number of thiazole rings is 1. The van der Waals surface area contributed by atoms with Crippen molar-refractivity contribution in [3.8, 4) is 10.8 Å². The number of para-hydroxylation sites is 1. The molecular weight excluding hydrogens is 398 g/mol. The maximum Gasteiger partial charge on any atom is 0.364 e. The van der Waals surface area contributed by atoms with Crippen LogP contribution in [0.3, 0.4) is 0 Å². The average Bonchev–Trinajstić information content (AvgIpc) is 3.40. The van der Waals surface area contributed by atoms with Crippen molar-refractivity contribution in [2.45, 2.75) is 0 Å². The van der Waals surface area contributed by atoms with Crippen LogP contribution in [0.5, 0.6) is 0 Å². The monoisotopic (exact) mass is 407 g/mol. The fourth-order valence-electron chi connectivity index (χ4n) is 2.70. The zero-order valence-corrected chi connectivity index (χ0v) is 15.7. The molecule has 4 heterocycles. The molecule has 0 saturated heterocycles. The molecule has 0 amide bonds. The van der Waals surface area contributed by atoms with Crippen molar-refractivity contribution in [2.24, 2.45) is 4.99 Å². The van der Waals surface area contributed by atoms with Gasteiger partial charge in [0.2, 0.25) is 5.90 Å². The first-order valence-electron chi connectivity index (χ1n) is 8.26. The van der Waals surface area contributed by atoms with Crippen LogP contribution in [0.2, 0.25) is 5.02 Å². The van der Waals surface area contributed by atoms with Gasteiger partial charge in [0, 0.05) is 17.3 Å². The Balaban J connectivity index is 1.45. The molecule has 0 radical (unpaired) electrons. The van der Waals surface area contributed by atoms with Gasteiger partial charge >= 0.3 is 5.97 Å². The highest BCUT2D eigenvalue weighted by atomic mass is 35.5. The van der Waals surface area contributed by atoms with E-state index in [4.69, 9.17) is 20.8 Å². The van der Waals surface area contributed by atoms with Crippen LogP contribution in [0.15, 0.2) is 69.8 Å². The normalized spacial score (nSPS) is 15.2. The lowest BCUT2D eigenvalue weighted by Gasteiger charge is -1.97. The standard InChI is InChI=1S/C20H10ClN3O3S/c21-11-7-8-22-14(9-11)18-23-15(20(25)27-18)10-12-5-6-16(26-12)19-24-13-3-1-2-4-17(13)28-19/h1-10H/b15-10-. The number of rotatable bonds is 3. The van der Waals surface area contributed by atoms with Crippen molar-refractivity contribution in [1.29, 1.82) is 0 Å². The summed E-state index contributed by atoms with van der Waals surface area (Å²) in [7, 11) is 0.